The number of nitrogen functional groups attached to an aromatic ring is 1. The molecule has 0 unspecified atom stereocenters. The summed E-state index contributed by atoms with van der Waals surface area (Å²) in [6.07, 6.45) is 2.77. The Morgan fingerprint density at radius 3 is 2.39 bits per heavy atom. The van der Waals surface area contributed by atoms with Crippen LogP contribution in [0.5, 0.6) is 17.2 Å². The molecule has 3 aromatic rings. The van der Waals surface area contributed by atoms with E-state index in [9.17, 15) is 4.79 Å². The maximum Gasteiger partial charge on any atom is 0.291 e. The highest BCUT2D eigenvalue weighted by Gasteiger charge is 2.13. The highest BCUT2D eigenvalue weighted by Crippen LogP contribution is 2.25. The van der Waals surface area contributed by atoms with Gasteiger partial charge in [0.15, 0.2) is 0 Å². The molecule has 0 fully saturated rings. The third-order valence-electron chi connectivity index (χ3n) is 4.23. The largest absolute Gasteiger partial charge is 0.497 e. The highest BCUT2D eigenvalue weighted by molar-refractivity contribution is 5.94. The quantitative estimate of drug-likeness (QED) is 0.424. The molecule has 1 heterocycles. The number of carbonyl (C=O) groups excluding carboxylic acids is 1. The van der Waals surface area contributed by atoms with E-state index in [4.69, 9.17) is 19.9 Å². The van der Waals surface area contributed by atoms with Gasteiger partial charge in [0, 0.05) is 17.2 Å². The van der Waals surface area contributed by atoms with Gasteiger partial charge in [-0.1, -0.05) is 0 Å². The molecule has 0 bridgehead atoms. The summed E-state index contributed by atoms with van der Waals surface area (Å²) in [6, 6.07) is 12.5. The van der Waals surface area contributed by atoms with Gasteiger partial charge in [-0.25, -0.2) is 15.4 Å². The number of anilines is 1. The highest BCUT2D eigenvalue weighted by atomic mass is 16.5. The van der Waals surface area contributed by atoms with E-state index in [1.165, 1.54) is 12.4 Å². The van der Waals surface area contributed by atoms with E-state index in [0.717, 1.165) is 11.3 Å². The van der Waals surface area contributed by atoms with E-state index in [-0.39, 0.29) is 11.5 Å². The zero-order valence-corrected chi connectivity index (χ0v) is 17.5. The Bertz CT molecular complexity index is 1060. The minimum Gasteiger partial charge on any atom is -0.497 e. The number of benzene rings is 2. The first kappa shape index (κ1) is 21.6. The van der Waals surface area contributed by atoms with Crippen LogP contribution in [0.15, 0.2) is 53.8 Å². The number of nitrogens with zero attached hydrogens (tertiary/aromatic N) is 3. The molecule has 3 rings (SSSR count). The monoisotopic (exact) mass is 421 g/mol. The van der Waals surface area contributed by atoms with Crippen molar-refractivity contribution in [3.05, 3.63) is 59.9 Å². The summed E-state index contributed by atoms with van der Waals surface area (Å²) < 4.78 is 15.9. The molecule has 0 radical (unpaired) electrons. The van der Waals surface area contributed by atoms with Gasteiger partial charge in [-0.15, -0.1) is 0 Å². The van der Waals surface area contributed by atoms with E-state index in [1.807, 2.05) is 6.92 Å². The average molecular weight is 421 g/mol. The Morgan fingerprint density at radius 1 is 1.10 bits per heavy atom. The number of nitrogens with two attached hydrogens (primary N) is 1. The summed E-state index contributed by atoms with van der Waals surface area (Å²) in [5.41, 5.74) is 10.3. The van der Waals surface area contributed by atoms with Crippen LogP contribution in [0, 0.1) is 0 Å². The molecule has 0 atom stereocenters. The van der Waals surface area contributed by atoms with Crippen LogP contribution in [0.3, 0.4) is 0 Å². The number of hydrazone groups is 1. The normalized spacial score (nSPS) is 10.7. The second-order valence-electron chi connectivity index (χ2n) is 6.29. The van der Waals surface area contributed by atoms with Crippen LogP contribution in [0.25, 0.3) is 11.3 Å². The van der Waals surface area contributed by atoms with Crippen molar-refractivity contribution in [3.63, 3.8) is 0 Å². The first-order valence-electron chi connectivity index (χ1n) is 9.46. The van der Waals surface area contributed by atoms with Gasteiger partial charge in [-0.3, -0.25) is 4.79 Å². The lowest BCUT2D eigenvalue weighted by atomic mass is 10.1. The van der Waals surface area contributed by atoms with Crippen LogP contribution >= 0.6 is 0 Å². The summed E-state index contributed by atoms with van der Waals surface area (Å²) in [5, 5.41) is 3.97. The van der Waals surface area contributed by atoms with Gasteiger partial charge < -0.3 is 19.9 Å². The molecule has 0 saturated carbocycles. The van der Waals surface area contributed by atoms with E-state index in [0.29, 0.717) is 29.4 Å². The van der Waals surface area contributed by atoms with Crippen molar-refractivity contribution in [2.24, 2.45) is 5.10 Å². The molecule has 0 aliphatic heterocycles. The molecule has 9 heteroatoms. The van der Waals surface area contributed by atoms with Crippen LogP contribution in [0.4, 0.5) is 5.82 Å². The van der Waals surface area contributed by atoms with Crippen molar-refractivity contribution in [2.45, 2.75) is 6.92 Å². The fourth-order valence-electron chi connectivity index (χ4n) is 2.72. The van der Waals surface area contributed by atoms with Gasteiger partial charge in [-0.05, 0) is 43.3 Å². The fraction of sp³-hybridized carbons (Fsp3) is 0.182. The lowest BCUT2D eigenvalue weighted by Crippen LogP contribution is -2.20. The third-order valence-corrected chi connectivity index (χ3v) is 4.23. The maximum absolute atomic E-state index is 12.5. The summed E-state index contributed by atoms with van der Waals surface area (Å²) in [5.74, 6) is 1.64. The minimum atomic E-state index is -0.522. The summed E-state index contributed by atoms with van der Waals surface area (Å²) in [6.45, 7) is 2.48. The first-order valence-corrected chi connectivity index (χ1v) is 9.46. The first-order chi connectivity index (χ1) is 15.0. The van der Waals surface area contributed by atoms with Crippen LogP contribution < -0.4 is 25.4 Å². The third kappa shape index (κ3) is 5.47. The number of hydrogen-bond acceptors (Lipinski definition) is 8. The van der Waals surface area contributed by atoms with E-state index in [1.54, 1.807) is 56.7 Å². The molecule has 0 spiro atoms. The van der Waals surface area contributed by atoms with Crippen LogP contribution in [-0.4, -0.2) is 42.9 Å². The van der Waals surface area contributed by atoms with Gasteiger partial charge >= 0.3 is 0 Å². The van der Waals surface area contributed by atoms with Crippen molar-refractivity contribution in [1.82, 2.24) is 15.4 Å². The van der Waals surface area contributed by atoms with Gasteiger partial charge in [0.25, 0.3) is 5.91 Å². The number of hydrogen-bond donors (Lipinski definition) is 2. The topological polar surface area (TPSA) is 121 Å². The molecule has 1 amide bonds. The second kappa shape index (κ2) is 10.1. The number of ether oxygens (including phenoxy) is 3. The lowest BCUT2D eigenvalue weighted by molar-refractivity contribution is 0.0950. The molecule has 2 aromatic carbocycles. The average Bonchev–Trinajstić information content (AvgIpc) is 2.80. The number of rotatable bonds is 8. The Kier molecular flexibility index (Phi) is 7.00. The number of amides is 1. The van der Waals surface area contributed by atoms with Crippen LogP contribution in [-0.2, 0) is 0 Å². The fourth-order valence-corrected chi connectivity index (χ4v) is 2.72. The molecule has 0 aliphatic rings. The van der Waals surface area contributed by atoms with Gasteiger partial charge in [-0.2, -0.15) is 5.10 Å². The number of carbonyl (C=O) groups is 1. The van der Waals surface area contributed by atoms with Crippen LogP contribution in [0.1, 0.15) is 23.0 Å². The summed E-state index contributed by atoms with van der Waals surface area (Å²) in [7, 11) is 3.11. The van der Waals surface area contributed by atoms with Gasteiger partial charge in [0.2, 0.25) is 0 Å². The molecule has 3 N–H and O–H groups in total. The molecular weight excluding hydrogens is 398 g/mol. The molecule has 160 valence electrons. The van der Waals surface area contributed by atoms with E-state index in [2.05, 4.69) is 20.5 Å². The Morgan fingerprint density at radius 2 is 1.77 bits per heavy atom. The smallest absolute Gasteiger partial charge is 0.291 e. The molecule has 1 aromatic heterocycles. The Hall–Kier alpha value is -4.14. The lowest BCUT2D eigenvalue weighted by Gasteiger charge is -2.08. The predicted octanol–water partition coefficient (Wildman–Crippen LogP) is 2.91. The molecule has 31 heavy (non-hydrogen) atoms. The standard InChI is InChI=1S/C22H23N5O4/c1-4-31-16-7-5-15(6-8-16)20-21(23)24-13-19(26-20)22(28)27-25-12-14-9-17(29-2)11-18(10-14)30-3/h5-13H,4H2,1-3H3,(H2,23,24)(H,27,28). The molecule has 0 saturated heterocycles. The molecule has 9 nitrogen and oxygen atoms in total. The van der Waals surface area contributed by atoms with Crippen LogP contribution in [0.2, 0.25) is 0 Å². The van der Waals surface area contributed by atoms with Gasteiger partial charge in [0.1, 0.15) is 34.5 Å². The van der Waals surface area contributed by atoms with E-state index >= 15 is 0 Å². The number of aromatic nitrogens is 2. The molecule has 0 aliphatic carbocycles. The van der Waals surface area contributed by atoms with Crippen molar-refractivity contribution >= 4 is 17.9 Å². The van der Waals surface area contributed by atoms with Crippen molar-refractivity contribution in [2.75, 3.05) is 26.6 Å². The Balaban J connectivity index is 1.75. The van der Waals surface area contributed by atoms with Gasteiger partial charge in [0.05, 0.1) is 33.2 Å². The molecular formula is C22H23N5O4. The summed E-state index contributed by atoms with van der Waals surface area (Å²) in [4.78, 5) is 20.9. The maximum atomic E-state index is 12.5. The number of nitrogens with one attached hydrogen (secondary N) is 1. The second-order valence-corrected chi connectivity index (χ2v) is 6.29. The van der Waals surface area contributed by atoms with Crippen molar-refractivity contribution < 1.29 is 19.0 Å². The van der Waals surface area contributed by atoms with Crippen molar-refractivity contribution in [3.8, 4) is 28.5 Å². The Labute approximate surface area is 179 Å². The zero-order valence-electron chi connectivity index (χ0n) is 17.5. The van der Waals surface area contributed by atoms with Crippen molar-refractivity contribution in [1.29, 1.82) is 0 Å². The number of methoxy groups -OCH3 is 2. The van der Waals surface area contributed by atoms with E-state index < -0.39 is 5.91 Å². The zero-order chi connectivity index (χ0) is 22.2. The minimum absolute atomic E-state index is 0.0819. The summed E-state index contributed by atoms with van der Waals surface area (Å²) >= 11 is 0. The predicted molar refractivity (Wildman–Crippen MR) is 118 cm³/mol. The SMILES string of the molecule is CCOc1ccc(-c2nc(C(=O)NN=Cc3cc(OC)cc(OC)c3)cnc2N)cc1.